The van der Waals surface area contributed by atoms with Crippen LogP contribution in [0.15, 0.2) is 53.6 Å². The van der Waals surface area contributed by atoms with Gasteiger partial charge in [-0.1, -0.05) is 0 Å². The topological polar surface area (TPSA) is 83.7 Å². The fraction of sp³-hybridized carbons (Fsp3) is 0.250. The third kappa shape index (κ3) is 5.64. The summed E-state index contributed by atoms with van der Waals surface area (Å²) in [6, 6.07) is 15.9. The lowest BCUT2D eigenvalue weighted by atomic mass is 10.1. The van der Waals surface area contributed by atoms with E-state index in [0.29, 0.717) is 17.0 Å². The van der Waals surface area contributed by atoms with Crippen LogP contribution in [0.5, 0.6) is 11.5 Å². The van der Waals surface area contributed by atoms with Crippen molar-refractivity contribution in [1.29, 1.82) is 5.26 Å². The van der Waals surface area contributed by atoms with Crippen LogP contribution in [-0.2, 0) is 0 Å². The van der Waals surface area contributed by atoms with Gasteiger partial charge < -0.3 is 9.47 Å². The molecule has 0 fully saturated rings. The maximum absolute atomic E-state index is 12.2. The van der Waals surface area contributed by atoms with Crippen LogP contribution in [0.2, 0.25) is 0 Å². The van der Waals surface area contributed by atoms with Gasteiger partial charge in [0.25, 0.3) is 5.91 Å². The van der Waals surface area contributed by atoms with E-state index in [1.54, 1.807) is 43.3 Å². The summed E-state index contributed by atoms with van der Waals surface area (Å²) in [6.45, 7) is 5.69. The van der Waals surface area contributed by atoms with Gasteiger partial charge in [0.05, 0.1) is 11.8 Å². The number of amides is 1. The van der Waals surface area contributed by atoms with Crippen molar-refractivity contribution in [3.8, 4) is 17.6 Å². The Morgan fingerprint density at radius 3 is 2.23 bits per heavy atom. The number of nitriles is 1. The van der Waals surface area contributed by atoms with E-state index in [1.165, 1.54) is 0 Å². The van der Waals surface area contributed by atoms with Crippen LogP contribution in [0.4, 0.5) is 0 Å². The van der Waals surface area contributed by atoms with Crippen molar-refractivity contribution in [2.45, 2.75) is 26.9 Å². The monoisotopic (exact) mass is 351 g/mol. The first-order valence-corrected chi connectivity index (χ1v) is 8.21. The predicted molar refractivity (Wildman–Crippen MR) is 99.4 cm³/mol. The SMILES string of the molecule is C/C(=N/NC(=O)c1ccc(OC(C)C)cc1)c1ccc(OCC#N)cc1. The molecule has 0 bridgehead atoms. The Labute approximate surface area is 153 Å². The summed E-state index contributed by atoms with van der Waals surface area (Å²) < 4.78 is 10.8. The van der Waals surface area contributed by atoms with Crippen molar-refractivity contribution in [1.82, 2.24) is 5.43 Å². The summed E-state index contributed by atoms with van der Waals surface area (Å²) in [6.07, 6.45) is 0.0821. The number of ether oxygens (including phenoxy) is 2. The van der Waals surface area contributed by atoms with Gasteiger partial charge in [-0.25, -0.2) is 5.43 Å². The number of rotatable bonds is 7. The molecule has 2 aromatic carbocycles. The van der Waals surface area contributed by atoms with Gasteiger partial charge in [0.2, 0.25) is 0 Å². The maximum Gasteiger partial charge on any atom is 0.271 e. The van der Waals surface area contributed by atoms with E-state index in [0.717, 1.165) is 11.3 Å². The molecule has 0 saturated heterocycles. The minimum atomic E-state index is -0.297. The molecule has 0 aliphatic carbocycles. The number of nitrogens with one attached hydrogen (secondary N) is 1. The highest BCUT2D eigenvalue weighted by molar-refractivity contribution is 6.00. The molecule has 134 valence electrons. The maximum atomic E-state index is 12.2. The molecule has 0 heterocycles. The zero-order valence-corrected chi connectivity index (χ0v) is 15.0. The average molecular weight is 351 g/mol. The quantitative estimate of drug-likeness (QED) is 0.611. The molecular weight excluding hydrogens is 330 g/mol. The van der Waals surface area contributed by atoms with Crippen LogP contribution in [0.25, 0.3) is 0 Å². The fourth-order valence-corrected chi connectivity index (χ4v) is 2.13. The first-order chi connectivity index (χ1) is 12.5. The highest BCUT2D eigenvalue weighted by atomic mass is 16.5. The first-order valence-electron chi connectivity index (χ1n) is 8.21. The second kappa shape index (κ2) is 9.23. The molecule has 26 heavy (non-hydrogen) atoms. The van der Waals surface area contributed by atoms with Crippen LogP contribution in [-0.4, -0.2) is 24.3 Å². The molecule has 1 N–H and O–H groups in total. The molecule has 2 aromatic rings. The lowest BCUT2D eigenvalue weighted by Gasteiger charge is -2.09. The van der Waals surface area contributed by atoms with Crippen LogP contribution in [0.3, 0.4) is 0 Å². The molecule has 0 radical (unpaired) electrons. The van der Waals surface area contributed by atoms with E-state index in [1.807, 2.05) is 32.0 Å². The van der Waals surface area contributed by atoms with E-state index >= 15 is 0 Å². The zero-order valence-electron chi connectivity index (χ0n) is 15.0. The van der Waals surface area contributed by atoms with Crippen molar-refractivity contribution in [3.63, 3.8) is 0 Å². The van der Waals surface area contributed by atoms with Gasteiger partial charge in [0.1, 0.15) is 17.6 Å². The van der Waals surface area contributed by atoms with E-state index in [9.17, 15) is 4.79 Å². The van der Waals surface area contributed by atoms with Gasteiger partial charge in [-0.15, -0.1) is 0 Å². The fourth-order valence-electron chi connectivity index (χ4n) is 2.13. The average Bonchev–Trinajstić information content (AvgIpc) is 2.64. The van der Waals surface area contributed by atoms with Crippen LogP contribution < -0.4 is 14.9 Å². The van der Waals surface area contributed by atoms with E-state index in [-0.39, 0.29) is 18.6 Å². The van der Waals surface area contributed by atoms with Gasteiger partial charge in [0, 0.05) is 5.56 Å². The van der Waals surface area contributed by atoms with Crippen molar-refractivity contribution in [3.05, 3.63) is 59.7 Å². The normalized spacial score (nSPS) is 11.0. The van der Waals surface area contributed by atoms with Gasteiger partial charge in [-0.3, -0.25) is 4.79 Å². The zero-order chi connectivity index (χ0) is 18.9. The lowest BCUT2D eigenvalue weighted by Crippen LogP contribution is -2.19. The molecular formula is C20H21N3O3. The van der Waals surface area contributed by atoms with Crippen LogP contribution >= 0.6 is 0 Å². The Kier molecular flexibility index (Phi) is 6.75. The van der Waals surface area contributed by atoms with Gasteiger partial charge >= 0.3 is 0 Å². The molecule has 6 nitrogen and oxygen atoms in total. The number of hydrogen-bond acceptors (Lipinski definition) is 5. The Morgan fingerprint density at radius 2 is 1.65 bits per heavy atom. The van der Waals surface area contributed by atoms with E-state index in [4.69, 9.17) is 14.7 Å². The molecule has 0 aliphatic heterocycles. The van der Waals surface area contributed by atoms with Crippen molar-refractivity contribution in [2.75, 3.05) is 6.61 Å². The predicted octanol–water partition coefficient (Wildman–Crippen LogP) is 3.53. The highest BCUT2D eigenvalue weighted by Crippen LogP contribution is 2.14. The smallest absolute Gasteiger partial charge is 0.271 e. The van der Waals surface area contributed by atoms with Crippen molar-refractivity contribution < 1.29 is 14.3 Å². The number of hydrogen-bond donors (Lipinski definition) is 1. The Hall–Kier alpha value is -3.33. The highest BCUT2D eigenvalue weighted by Gasteiger charge is 2.06. The Morgan fingerprint density at radius 1 is 1.08 bits per heavy atom. The van der Waals surface area contributed by atoms with Crippen molar-refractivity contribution >= 4 is 11.6 Å². The Balaban J connectivity index is 1.97. The first kappa shape index (κ1) is 19.0. The molecule has 0 aromatic heterocycles. The summed E-state index contributed by atoms with van der Waals surface area (Å²) in [5.74, 6) is 1.03. The third-order valence-corrected chi connectivity index (χ3v) is 3.39. The summed E-state index contributed by atoms with van der Waals surface area (Å²) in [7, 11) is 0. The third-order valence-electron chi connectivity index (χ3n) is 3.39. The summed E-state index contributed by atoms with van der Waals surface area (Å²) in [4.78, 5) is 12.2. The van der Waals surface area contributed by atoms with Gasteiger partial charge in [0.15, 0.2) is 6.61 Å². The number of benzene rings is 2. The molecule has 2 rings (SSSR count). The molecule has 0 aliphatic rings. The van der Waals surface area contributed by atoms with Gasteiger partial charge in [-0.05, 0) is 74.9 Å². The minimum absolute atomic E-state index is 0.00345. The minimum Gasteiger partial charge on any atom is -0.491 e. The molecule has 0 atom stereocenters. The van der Waals surface area contributed by atoms with E-state index < -0.39 is 0 Å². The molecule has 6 heteroatoms. The standard InChI is InChI=1S/C20H21N3O3/c1-14(2)26-19-10-6-17(7-11-19)20(24)23-22-15(3)16-4-8-18(9-5-16)25-13-12-21/h4-11,14H,13H2,1-3H3,(H,23,24)/b22-15-. The molecule has 1 amide bonds. The number of nitrogens with zero attached hydrogens (tertiary/aromatic N) is 2. The van der Waals surface area contributed by atoms with Gasteiger partial charge in [-0.2, -0.15) is 10.4 Å². The largest absolute Gasteiger partial charge is 0.491 e. The van der Waals surface area contributed by atoms with E-state index in [2.05, 4.69) is 10.5 Å². The summed E-state index contributed by atoms with van der Waals surface area (Å²) in [5.41, 5.74) is 4.54. The second-order valence-electron chi connectivity index (χ2n) is 5.80. The Bertz CT molecular complexity index is 804. The summed E-state index contributed by atoms with van der Waals surface area (Å²) in [5, 5.41) is 12.6. The molecule has 0 saturated carbocycles. The molecule has 0 spiro atoms. The number of hydrazone groups is 1. The number of carbonyl (C=O) groups excluding carboxylic acids is 1. The summed E-state index contributed by atoms with van der Waals surface area (Å²) >= 11 is 0. The van der Waals surface area contributed by atoms with Crippen molar-refractivity contribution in [2.24, 2.45) is 5.10 Å². The second-order valence-corrected chi connectivity index (χ2v) is 5.80. The van der Waals surface area contributed by atoms with Crippen LogP contribution in [0, 0.1) is 11.3 Å². The molecule has 0 unspecified atom stereocenters. The van der Waals surface area contributed by atoms with Crippen LogP contribution in [0.1, 0.15) is 36.7 Å². The number of carbonyl (C=O) groups is 1. The lowest BCUT2D eigenvalue weighted by molar-refractivity contribution is 0.0955.